The summed E-state index contributed by atoms with van der Waals surface area (Å²) >= 11 is 0. The topological polar surface area (TPSA) is 113 Å². The second-order valence-corrected chi connectivity index (χ2v) is 7.58. The second-order valence-electron chi connectivity index (χ2n) is 7.58. The fourth-order valence-corrected chi connectivity index (χ4v) is 4.03. The van der Waals surface area contributed by atoms with E-state index in [0.717, 1.165) is 40.7 Å². The van der Waals surface area contributed by atoms with Crippen LogP contribution in [0.25, 0.3) is 32.9 Å². The highest BCUT2D eigenvalue weighted by Crippen LogP contribution is 2.34. The zero-order valence-electron chi connectivity index (χ0n) is 17.3. The van der Waals surface area contributed by atoms with Gasteiger partial charge in [-0.2, -0.15) is 10.1 Å². The van der Waals surface area contributed by atoms with Crippen LogP contribution in [0.1, 0.15) is 6.42 Å². The van der Waals surface area contributed by atoms with Crippen LogP contribution in [0.4, 0.5) is 17.5 Å². The van der Waals surface area contributed by atoms with Gasteiger partial charge in [-0.3, -0.25) is 4.68 Å². The normalized spacial score (nSPS) is 11.4. The molecule has 3 heterocycles. The van der Waals surface area contributed by atoms with Crippen molar-refractivity contribution in [2.45, 2.75) is 13.0 Å². The lowest BCUT2D eigenvalue weighted by molar-refractivity contribution is 0.671. The predicted octanol–water partition coefficient (Wildman–Crippen LogP) is 3.66. The van der Waals surface area contributed by atoms with Crippen LogP contribution >= 0.6 is 0 Å². The first-order chi connectivity index (χ1) is 15.1. The summed E-state index contributed by atoms with van der Waals surface area (Å²) in [6.07, 6.45) is 6.60. The lowest BCUT2D eigenvalue weighted by atomic mass is 10.0. The number of benzene rings is 2. The second kappa shape index (κ2) is 7.73. The molecule has 5 rings (SSSR count). The van der Waals surface area contributed by atoms with Gasteiger partial charge < -0.3 is 21.4 Å². The Hall–Kier alpha value is -3.91. The van der Waals surface area contributed by atoms with Gasteiger partial charge in [0.25, 0.3) is 0 Å². The van der Waals surface area contributed by atoms with E-state index >= 15 is 0 Å². The van der Waals surface area contributed by atoms with Gasteiger partial charge >= 0.3 is 0 Å². The summed E-state index contributed by atoms with van der Waals surface area (Å²) in [4.78, 5) is 8.20. The Kier molecular flexibility index (Phi) is 4.76. The SMILES string of the molecule is Cn1ncc2cc(Nc3ccnc(N)n3)cc(-c3ccc4c(ccn4CCCN)c3)c21. The maximum Gasteiger partial charge on any atom is 0.221 e. The van der Waals surface area contributed by atoms with Crippen molar-refractivity contribution in [1.29, 1.82) is 0 Å². The number of aromatic nitrogens is 5. The van der Waals surface area contributed by atoms with Crippen LogP contribution in [0.3, 0.4) is 0 Å². The molecule has 0 fully saturated rings. The van der Waals surface area contributed by atoms with Crippen LogP contribution in [0, 0.1) is 0 Å². The first kappa shape index (κ1) is 19.1. The molecule has 0 radical (unpaired) electrons. The van der Waals surface area contributed by atoms with Gasteiger partial charge in [-0.15, -0.1) is 0 Å². The van der Waals surface area contributed by atoms with Gasteiger partial charge in [0.15, 0.2) is 0 Å². The summed E-state index contributed by atoms with van der Waals surface area (Å²) in [6, 6.07) is 14.7. The van der Waals surface area contributed by atoms with Crippen molar-refractivity contribution < 1.29 is 0 Å². The molecule has 31 heavy (non-hydrogen) atoms. The maximum atomic E-state index is 5.73. The van der Waals surface area contributed by atoms with Crippen molar-refractivity contribution in [2.75, 3.05) is 17.6 Å². The minimum absolute atomic E-state index is 0.234. The quantitative estimate of drug-likeness (QED) is 0.392. The van der Waals surface area contributed by atoms with Crippen molar-refractivity contribution in [2.24, 2.45) is 12.8 Å². The predicted molar refractivity (Wildman–Crippen MR) is 125 cm³/mol. The third-order valence-electron chi connectivity index (χ3n) is 5.46. The molecule has 156 valence electrons. The van der Waals surface area contributed by atoms with Crippen LogP contribution in [-0.4, -0.2) is 30.9 Å². The lowest BCUT2D eigenvalue weighted by Gasteiger charge is -2.12. The maximum absolute atomic E-state index is 5.73. The molecule has 0 unspecified atom stereocenters. The fourth-order valence-electron chi connectivity index (χ4n) is 4.03. The van der Waals surface area contributed by atoms with E-state index in [2.05, 4.69) is 67.5 Å². The molecular weight excluding hydrogens is 388 g/mol. The molecule has 2 aromatic carbocycles. The Balaban J connectivity index is 1.60. The van der Waals surface area contributed by atoms with Crippen molar-refractivity contribution in [3.8, 4) is 11.1 Å². The first-order valence-electron chi connectivity index (χ1n) is 10.2. The number of rotatable bonds is 6. The summed E-state index contributed by atoms with van der Waals surface area (Å²) in [6.45, 7) is 1.61. The molecular formula is C23H24N8. The Morgan fingerprint density at radius 1 is 1.06 bits per heavy atom. The van der Waals surface area contributed by atoms with E-state index in [1.165, 1.54) is 10.9 Å². The molecule has 0 aliphatic carbocycles. The molecule has 0 saturated carbocycles. The lowest BCUT2D eigenvalue weighted by Crippen LogP contribution is -2.04. The summed E-state index contributed by atoms with van der Waals surface area (Å²) in [5.41, 5.74) is 16.8. The van der Waals surface area contributed by atoms with E-state index in [1.54, 1.807) is 12.3 Å². The Bertz CT molecular complexity index is 1380. The molecule has 3 aromatic heterocycles. The molecule has 8 heteroatoms. The molecule has 5 aromatic rings. The van der Waals surface area contributed by atoms with Gasteiger partial charge in [-0.25, -0.2) is 4.98 Å². The average Bonchev–Trinajstić information content (AvgIpc) is 3.34. The summed E-state index contributed by atoms with van der Waals surface area (Å²) in [7, 11) is 1.96. The highest BCUT2D eigenvalue weighted by Gasteiger charge is 2.13. The van der Waals surface area contributed by atoms with Crippen LogP contribution in [0.15, 0.2) is 61.1 Å². The zero-order chi connectivity index (χ0) is 21.4. The van der Waals surface area contributed by atoms with E-state index in [-0.39, 0.29) is 5.95 Å². The van der Waals surface area contributed by atoms with E-state index in [9.17, 15) is 0 Å². The highest BCUT2D eigenvalue weighted by molar-refractivity contribution is 5.99. The van der Waals surface area contributed by atoms with Gasteiger partial charge in [0, 0.05) is 53.5 Å². The highest BCUT2D eigenvalue weighted by atomic mass is 15.2. The number of fused-ring (bicyclic) bond motifs is 2. The number of aryl methyl sites for hydroxylation is 2. The smallest absolute Gasteiger partial charge is 0.221 e. The Labute approximate surface area is 179 Å². The molecule has 0 spiro atoms. The molecule has 0 aliphatic heterocycles. The summed E-state index contributed by atoms with van der Waals surface area (Å²) in [5.74, 6) is 0.881. The number of hydrogen-bond donors (Lipinski definition) is 3. The molecule has 5 N–H and O–H groups in total. The molecule has 0 atom stereocenters. The third kappa shape index (κ3) is 3.57. The van der Waals surface area contributed by atoms with E-state index in [4.69, 9.17) is 11.5 Å². The molecule has 0 bridgehead atoms. The number of hydrogen-bond acceptors (Lipinski definition) is 6. The minimum Gasteiger partial charge on any atom is -0.368 e. The van der Waals surface area contributed by atoms with Crippen LogP contribution in [-0.2, 0) is 13.6 Å². The molecule has 0 amide bonds. The Morgan fingerprint density at radius 3 is 2.81 bits per heavy atom. The summed E-state index contributed by atoms with van der Waals surface area (Å²) in [5, 5.41) is 10.1. The van der Waals surface area contributed by atoms with Gasteiger partial charge in [-0.05, 0) is 54.9 Å². The zero-order valence-corrected chi connectivity index (χ0v) is 17.3. The number of nitrogens with two attached hydrogens (primary N) is 2. The van der Waals surface area contributed by atoms with Crippen LogP contribution in [0.2, 0.25) is 0 Å². The number of anilines is 3. The average molecular weight is 413 g/mol. The standard InChI is InChI=1S/C23H24N8/c1-30-22-17(14-27-30)12-18(28-21-5-8-26-23(25)29-21)13-19(22)15-3-4-20-16(11-15)6-10-31(20)9-2-7-24/h3-6,8,10-14H,2,7,9,24H2,1H3,(H3,25,26,28,29). The minimum atomic E-state index is 0.234. The number of nitrogen functional groups attached to an aromatic ring is 1. The largest absolute Gasteiger partial charge is 0.368 e. The van der Waals surface area contributed by atoms with Gasteiger partial charge in [-0.1, -0.05) is 6.07 Å². The molecule has 0 aliphatic rings. The third-order valence-corrected chi connectivity index (χ3v) is 5.46. The van der Waals surface area contributed by atoms with Crippen LogP contribution < -0.4 is 16.8 Å². The molecule has 0 saturated heterocycles. The first-order valence-corrected chi connectivity index (χ1v) is 10.2. The van der Waals surface area contributed by atoms with Gasteiger partial charge in [0.2, 0.25) is 5.95 Å². The van der Waals surface area contributed by atoms with Gasteiger partial charge in [0.1, 0.15) is 5.82 Å². The van der Waals surface area contributed by atoms with E-state index in [0.29, 0.717) is 12.4 Å². The Morgan fingerprint density at radius 2 is 1.97 bits per heavy atom. The van der Waals surface area contributed by atoms with Crippen molar-refractivity contribution in [3.63, 3.8) is 0 Å². The van der Waals surface area contributed by atoms with Crippen molar-refractivity contribution >= 4 is 39.3 Å². The fraction of sp³-hybridized carbons (Fsp3) is 0.174. The summed E-state index contributed by atoms with van der Waals surface area (Å²) < 4.78 is 4.16. The van der Waals surface area contributed by atoms with Gasteiger partial charge in [0.05, 0.1) is 11.7 Å². The van der Waals surface area contributed by atoms with E-state index < -0.39 is 0 Å². The van der Waals surface area contributed by atoms with Crippen molar-refractivity contribution in [1.82, 2.24) is 24.3 Å². The van der Waals surface area contributed by atoms with Crippen LogP contribution in [0.5, 0.6) is 0 Å². The van der Waals surface area contributed by atoms with Crippen molar-refractivity contribution in [3.05, 3.63) is 61.1 Å². The van der Waals surface area contributed by atoms with E-state index in [1.807, 2.05) is 17.9 Å². The molecule has 8 nitrogen and oxygen atoms in total. The monoisotopic (exact) mass is 412 g/mol. The number of nitrogens with one attached hydrogen (secondary N) is 1. The number of nitrogens with zero attached hydrogens (tertiary/aromatic N) is 5.